The molecule has 0 atom stereocenters. The average Bonchev–Trinajstić information content (AvgIpc) is 2.55. The molecule has 0 aromatic heterocycles. The minimum absolute atomic E-state index is 0.192. The van der Waals surface area contributed by atoms with Crippen LogP contribution in [-0.4, -0.2) is 11.7 Å². The zero-order valence-electron chi connectivity index (χ0n) is 12.1. The van der Waals surface area contributed by atoms with E-state index in [1.807, 2.05) is 42.5 Å². The van der Waals surface area contributed by atoms with Crippen molar-refractivity contribution >= 4 is 50.1 Å². The summed E-state index contributed by atoms with van der Waals surface area (Å²) in [6.45, 7) is 0. The third kappa shape index (κ3) is 4.12. The number of nitrogens with one attached hydrogen (secondary N) is 1. The average molecular weight is 390 g/mol. The number of rotatable bonds is 4. The number of benzene rings is 3. The van der Waals surface area contributed by atoms with Crippen LogP contribution in [0.25, 0.3) is 10.8 Å². The number of halogens is 2. The smallest absolute Gasteiger partial charge is 0.234 e. The van der Waals surface area contributed by atoms with Crippen molar-refractivity contribution in [2.75, 3.05) is 11.1 Å². The van der Waals surface area contributed by atoms with Crippen LogP contribution in [0, 0.1) is 5.82 Å². The van der Waals surface area contributed by atoms with E-state index in [-0.39, 0.29) is 17.3 Å². The molecule has 5 heteroatoms. The standard InChI is InChI=1S/C18H13BrFNOS/c19-14-6-8-17(16(20)10-14)21-18(22)11-23-15-7-5-12-3-1-2-4-13(12)9-15/h1-10H,11H2,(H,21,22). The SMILES string of the molecule is O=C(CSc1ccc2ccccc2c1)Nc1ccc(Br)cc1F. The van der Waals surface area contributed by atoms with Gasteiger partial charge in [-0.2, -0.15) is 0 Å². The van der Waals surface area contributed by atoms with E-state index >= 15 is 0 Å². The quantitative estimate of drug-likeness (QED) is 0.599. The Morgan fingerprint density at radius 2 is 1.83 bits per heavy atom. The van der Waals surface area contributed by atoms with Gasteiger partial charge >= 0.3 is 0 Å². The number of amides is 1. The van der Waals surface area contributed by atoms with Crippen molar-refractivity contribution in [3.8, 4) is 0 Å². The number of carbonyl (C=O) groups is 1. The van der Waals surface area contributed by atoms with E-state index in [9.17, 15) is 9.18 Å². The molecule has 0 spiro atoms. The Morgan fingerprint density at radius 1 is 1.04 bits per heavy atom. The highest BCUT2D eigenvalue weighted by atomic mass is 79.9. The number of anilines is 1. The van der Waals surface area contributed by atoms with Gasteiger partial charge < -0.3 is 5.32 Å². The molecule has 0 unspecified atom stereocenters. The van der Waals surface area contributed by atoms with Gasteiger partial charge in [-0.05, 0) is 41.1 Å². The molecule has 3 aromatic carbocycles. The van der Waals surface area contributed by atoms with Gasteiger partial charge in [0.25, 0.3) is 0 Å². The zero-order valence-corrected chi connectivity index (χ0v) is 14.5. The van der Waals surface area contributed by atoms with Gasteiger partial charge in [0.1, 0.15) is 5.82 Å². The van der Waals surface area contributed by atoms with E-state index < -0.39 is 5.82 Å². The van der Waals surface area contributed by atoms with E-state index in [0.29, 0.717) is 4.47 Å². The maximum atomic E-state index is 13.7. The molecule has 0 radical (unpaired) electrons. The molecule has 0 saturated heterocycles. The monoisotopic (exact) mass is 389 g/mol. The molecule has 23 heavy (non-hydrogen) atoms. The molecule has 1 N–H and O–H groups in total. The summed E-state index contributed by atoms with van der Waals surface area (Å²) >= 11 is 4.61. The molecule has 0 aliphatic heterocycles. The predicted octanol–water partition coefficient (Wildman–Crippen LogP) is 5.47. The van der Waals surface area contributed by atoms with Crippen LogP contribution in [0.15, 0.2) is 70.0 Å². The first-order chi connectivity index (χ1) is 11.1. The van der Waals surface area contributed by atoms with Gasteiger partial charge in [0, 0.05) is 9.37 Å². The summed E-state index contributed by atoms with van der Waals surface area (Å²) in [5, 5.41) is 4.89. The Hall–Kier alpha value is -1.85. The fourth-order valence-corrected chi connectivity index (χ4v) is 3.26. The molecule has 2 nitrogen and oxygen atoms in total. The summed E-state index contributed by atoms with van der Waals surface area (Å²) in [5.74, 6) is -0.457. The van der Waals surface area contributed by atoms with Crippen molar-refractivity contribution < 1.29 is 9.18 Å². The molecule has 0 fully saturated rings. The van der Waals surface area contributed by atoms with Gasteiger partial charge in [0.05, 0.1) is 11.4 Å². The third-order valence-electron chi connectivity index (χ3n) is 3.30. The lowest BCUT2D eigenvalue weighted by Crippen LogP contribution is -2.14. The fourth-order valence-electron chi connectivity index (χ4n) is 2.18. The Labute approximate surface area is 146 Å². The molecule has 3 aromatic rings. The van der Waals surface area contributed by atoms with Crippen LogP contribution >= 0.6 is 27.7 Å². The predicted molar refractivity (Wildman–Crippen MR) is 97.4 cm³/mol. The zero-order chi connectivity index (χ0) is 16.2. The van der Waals surface area contributed by atoms with E-state index in [4.69, 9.17) is 0 Å². The van der Waals surface area contributed by atoms with Crippen LogP contribution < -0.4 is 5.32 Å². The third-order valence-corrected chi connectivity index (χ3v) is 4.78. The highest BCUT2D eigenvalue weighted by molar-refractivity contribution is 9.10. The summed E-state index contributed by atoms with van der Waals surface area (Å²) in [7, 11) is 0. The van der Waals surface area contributed by atoms with Gasteiger partial charge in [-0.3, -0.25) is 4.79 Å². The van der Waals surface area contributed by atoms with Gasteiger partial charge in [-0.1, -0.05) is 46.3 Å². The molecule has 0 heterocycles. The second-order valence-electron chi connectivity index (χ2n) is 4.97. The molecule has 1 amide bonds. The number of thioether (sulfide) groups is 1. The van der Waals surface area contributed by atoms with Crippen molar-refractivity contribution in [2.45, 2.75) is 4.90 Å². The first-order valence-corrected chi connectivity index (χ1v) is 8.76. The Morgan fingerprint density at radius 3 is 2.61 bits per heavy atom. The molecule has 0 aliphatic carbocycles. The highest BCUT2D eigenvalue weighted by Gasteiger charge is 2.08. The summed E-state index contributed by atoms with van der Waals surface area (Å²) in [4.78, 5) is 13.0. The Balaban J connectivity index is 1.63. The normalized spacial score (nSPS) is 10.7. The summed E-state index contributed by atoms with van der Waals surface area (Å²) in [5.41, 5.74) is 0.192. The van der Waals surface area contributed by atoms with Crippen molar-refractivity contribution in [2.24, 2.45) is 0 Å². The minimum atomic E-state index is -0.455. The molecule has 0 bridgehead atoms. The number of carbonyl (C=O) groups excluding carboxylic acids is 1. The van der Waals surface area contributed by atoms with E-state index in [0.717, 1.165) is 10.3 Å². The summed E-state index contributed by atoms with van der Waals surface area (Å²) in [6.07, 6.45) is 0. The molecule has 0 aliphatic rings. The van der Waals surface area contributed by atoms with Crippen LogP contribution in [0.4, 0.5) is 10.1 Å². The van der Waals surface area contributed by atoms with Crippen molar-refractivity contribution in [1.29, 1.82) is 0 Å². The van der Waals surface area contributed by atoms with Crippen LogP contribution in [0.5, 0.6) is 0 Å². The Bertz CT molecular complexity index is 869. The maximum Gasteiger partial charge on any atom is 0.234 e. The summed E-state index contributed by atoms with van der Waals surface area (Å²) in [6, 6.07) is 18.7. The van der Waals surface area contributed by atoms with Crippen molar-refractivity contribution in [1.82, 2.24) is 0 Å². The van der Waals surface area contributed by atoms with E-state index in [1.54, 1.807) is 6.07 Å². The first kappa shape index (κ1) is 16.0. The number of hydrogen-bond donors (Lipinski definition) is 1. The lowest BCUT2D eigenvalue weighted by molar-refractivity contribution is -0.113. The minimum Gasteiger partial charge on any atom is -0.323 e. The van der Waals surface area contributed by atoms with Crippen LogP contribution in [0.3, 0.4) is 0 Å². The largest absolute Gasteiger partial charge is 0.323 e. The first-order valence-electron chi connectivity index (χ1n) is 6.98. The van der Waals surface area contributed by atoms with Gasteiger partial charge in [0.2, 0.25) is 5.91 Å². The topological polar surface area (TPSA) is 29.1 Å². The fraction of sp³-hybridized carbons (Fsp3) is 0.0556. The van der Waals surface area contributed by atoms with Crippen molar-refractivity contribution in [3.05, 3.63) is 71.0 Å². The van der Waals surface area contributed by atoms with E-state index in [2.05, 4.69) is 21.2 Å². The number of hydrogen-bond acceptors (Lipinski definition) is 2. The van der Waals surface area contributed by atoms with Gasteiger partial charge in [-0.25, -0.2) is 4.39 Å². The Kier molecular flexibility index (Phi) is 4.98. The molecule has 3 rings (SSSR count). The molecule has 116 valence electrons. The maximum absolute atomic E-state index is 13.7. The van der Waals surface area contributed by atoms with E-state index in [1.165, 1.54) is 29.3 Å². The summed E-state index contributed by atoms with van der Waals surface area (Å²) < 4.78 is 14.3. The second-order valence-corrected chi connectivity index (χ2v) is 6.93. The second kappa shape index (κ2) is 7.15. The molecule has 0 saturated carbocycles. The molecular weight excluding hydrogens is 377 g/mol. The van der Waals surface area contributed by atoms with Crippen LogP contribution in [0.2, 0.25) is 0 Å². The number of fused-ring (bicyclic) bond motifs is 1. The lowest BCUT2D eigenvalue weighted by Gasteiger charge is -2.07. The highest BCUT2D eigenvalue weighted by Crippen LogP contribution is 2.24. The van der Waals surface area contributed by atoms with Crippen LogP contribution in [0.1, 0.15) is 0 Å². The van der Waals surface area contributed by atoms with Gasteiger partial charge in [-0.15, -0.1) is 11.8 Å². The van der Waals surface area contributed by atoms with Crippen molar-refractivity contribution in [3.63, 3.8) is 0 Å². The molecular formula is C18H13BrFNOS. The van der Waals surface area contributed by atoms with Gasteiger partial charge in [0.15, 0.2) is 0 Å². The lowest BCUT2D eigenvalue weighted by atomic mass is 10.1. The van der Waals surface area contributed by atoms with Crippen LogP contribution in [-0.2, 0) is 4.79 Å².